The van der Waals surface area contributed by atoms with E-state index in [9.17, 15) is 9.59 Å². The zero-order valence-corrected chi connectivity index (χ0v) is 14.8. The molecule has 0 spiro atoms. The number of carbonyl (C=O) groups excluding carboxylic acids is 2. The smallest absolute Gasteiger partial charge is 0.315 e. The number of aromatic nitrogens is 1. The predicted octanol–water partition coefficient (Wildman–Crippen LogP) is 4.12. The molecular formula is C19H20ClNO3. The number of rotatable bonds is 4. The first kappa shape index (κ1) is 16.8. The van der Waals surface area contributed by atoms with Crippen molar-refractivity contribution in [2.24, 2.45) is 0 Å². The highest BCUT2D eigenvalue weighted by Crippen LogP contribution is 2.35. The van der Waals surface area contributed by atoms with Gasteiger partial charge in [-0.3, -0.25) is 9.59 Å². The van der Waals surface area contributed by atoms with Crippen molar-refractivity contribution in [3.8, 4) is 0 Å². The molecule has 0 bridgehead atoms. The van der Waals surface area contributed by atoms with Gasteiger partial charge in [-0.15, -0.1) is 0 Å². The van der Waals surface area contributed by atoms with Crippen LogP contribution in [0.5, 0.6) is 0 Å². The van der Waals surface area contributed by atoms with Crippen molar-refractivity contribution >= 4 is 23.4 Å². The fraction of sp³-hybridized carbons (Fsp3) is 0.368. The Morgan fingerprint density at radius 3 is 2.67 bits per heavy atom. The predicted molar refractivity (Wildman–Crippen MR) is 92.6 cm³/mol. The topological polar surface area (TPSA) is 48.3 Å². The van der Waals surface area contributed by atoms with E-state index < -0.39 is 0 Å². The molecule has 1 aromatic carbocycles. The number of aryl methyl sites for hydroxylation is 1. The fourth-order valence-corrected chi connectivity index (χ4v) is 3.49. The number of ketones is 1. The number of esters is 1. The number of fused-ring (bicyclic) bond motifs is 1. The summed E-state index contributed by atoms with van der Waals surface area (Å²) in [5.74, 6) is -0.640. The first-order valence-electron chi connectivity index (χ1n) is 8.10. The van der Waals surface area contributed by atoms with Gasteiger partial charge >= 0.3 is 5.97 Å². The van der Waals surface area contributed by atoms with Crippen molar-refractivity contribution in [3.05, 3.63) is 57.9 Å². The number of benzene rings is 1. The molecule has 126 valence electrons. The van der Waals surface area contributed by atoms with Gasteiger partial charge in [0.1, 0.15) is 0 Å². The highest BCUT2D eigenvalue weighted by Gasteiger charge is 2.35. The minimum atomic E-state index is -0.307. The molecule has 3 rings (SSSR count). The highest BCUT2D eigenvalue weighted by molar-refractivity contribution is 6.35. The third-order valence-corrected chi connectivity index (χ3v) is 4.62. The summed E-state index contributed by atoms with van der Waals surface area (Å²) < 4.78 is 7.28. The Morgan fingerprint density at radius 2 is 2.00 bits per heavy atom. The lowest BCUT2D eigenvalue weighted by molar-refractivity contribution is -0.149. The molecule has 0 fully saturated rings. The van der Waals surface area contributed by atoms with E-state index in [4.69, 9.17) is 16.3 Å². The molecular weight excluding hydrogens is 326 g/mol. The highest BCUT2D eigenvalue weighted by atomic mass is 35.5. The number of carbonyl (C=O) groups is 2. The number of hydrogen-bond acceptors (Lipinski definition) is 3. The van der Waals surface area contributed by atoms with E-state index in [0.29, 0.717) is 29.2 Å². The Bertz CT molecular complexity index is 807. The lowest BCUT2D eigenvalue weighted by Gasteiger charge is -2.12. The Kier molecular flexibility index (Phi) is 4.50. The zero-order valence-electron chi connectivity index (χ0n) is 14.0. The van der Waals surface area contributed by atoms with E-state index in [1.54, 1.807) is 24.3 Å². The molecule has 1 atom stereocenters. The second-order valence-electron chi connectivity index (χ2n) is 6.39. The van der Waals surface area contributed by atoms with Crippen LogP contribution in [0.1, 0.15) is 53.5 Å². The molecule has 1 aromatic heterocycles. The van der Waals surface area contributed by atoms with Crippen LogP contribution >= 0.6 is 11.6 Å². The van der Waals surface area contributed by atoms with Gasteiger partial charge in [-0.25, -0.2) is 0 Å². The molecule has 24 heavy (non-hydrogen) atoms. The Balaban J connectivity index is 1.98. The van der Waals surface area contributed by atoms with Crippen LogP contribution in [0.4, 0.5) is 0 Å². The van der Waals surface area contributed by atoms with Gasteiger partial charge in [-0.2, -0.15) is 0 Å². The van der Waals surface area contributed by atoms with Crippen molar-refractivity contribution in [1.29, 1.82) is 0 Å². The summed E-state index contributed by atoms with van der Waals surface area (Å²) in [7, 11) is 0. The average Bonchev–Trinajstić information content (AvgIpc) is 3.04. The van der Waals surface area contributed by atoms with Crippen molar-refractivity contribution < 1.29 is 14.3 Å². The molecule has 4 nitrogen and oxygen atoms in total. The second-order valence-corrected chi connectivity index (χ2v) is 6.80. The van der Waals surface area contributed by atoms with Crippen molar-refractivity contribution in [3.63, 3.8) is 0 Å². The maximum Gasteiger partial charge on any atom is 0.315 e. The summed E-state index contributed by atoms with van der Waals surface area (Å²) in [6, 6.07) is 8.95. The number of nitrogens with zero attached hydrogens (tertiary/aromatic N) is 1. The van der Waals surface area contributed by atoms with E-state index >= 15 is 0 Å². The van der Waals surface area contributed by atoms with Crippen LogP contribution in [-0.2, 0) is 16.1 Å². The molecule has 1 aliphatic rings. The van der Waals surface area contributed by atoms with E-state index in [1.807, 2.05) is 31.4 Å². The molecule has 0 radical (unpaired) electrons. The van der Waals surface area contributed by atoms with E-state index in [2.05, 4.69) is 0 Å². The zero-order chi connectivity index (χ0) is 17.4. The van der Waals surface area contributed by atoms with Gasteiger partial charge in [0.15, 0.2) is 0 Å². The van der Waals surface area contributed by atoms with Crippen LogP contribution in [0.2, 0.25) is 5.02 Å². The van der Waals surface area contributed by atoms with Gasteiger partial charge in [0, 0.05) is 17.8 Å². The molecule has 1 aliphatic heterocycles. The quantitative estimate of drug-likeness (QED) is 0.618. The van der Waals surface area contributed by atoms with Gasteiger partial charge < -0.3 is 9.30 Å². The number of hydrogen-bond donors (Lipinski definition) is 0. The lowest BCUT2D eigenvalue weighted by atomic mass is 10.0. The average molecular weight is 346 g/mol. The summed E-state index contributed by atoms with van der Waals surface area (Å²) in [6.45, 7) is 6.19. The molecule has 0 saturated heterocycles. The standard InChI is InChI=1S/C19H20ClNO3/c1-11(2)24-19(23)14-8-9-21-16(14)10-12(3)17(21)18(22)13-6-4-5-7-15(13)20/h4-7,10-11,14H,8-9H2,1-3H3. The van der Waals surface area contributed by atoms with E-state index in [-0.39, 0.29) is 23.8 Å². The van der Waals surface area contributed by atoms with Crippen LogP contribution in [0.15, 0.2) is 30.3 Å². The first-order valence-corrected chi connectivity index (χ1v) is 8.47. The second kappa shape index (κ2) is 6.44. The van der Waals surface area contributed by atoms with Crippen molar-refractivity contribution in [2.75, 3.05) is 0 Å². The van der Waals surface area contributed by atoms with Crippen LogP contribution in [-0.4, -0.2) is 22.4 Å². The Hall–Kier alpha value is -2.07. The summed E-state index contributed by atoms with van der Waals surface area (Å²) in [5.41, 5.74) is 2.81. The molecule has 5 heteroatoms. The van der Waals surface area contributed by atoms with Gasteiger partial charge in [0.05, 0.1) is 22.7 Å². The molecule has 0 saturated carbocycles. The summed E-state index contributed by atoms with van der Waals surface area (Å²) in [5, 5.41) is 0.436. The van der Waals surface area contributed by atoms with Crippen LogP contribution in [0.25, 0.3) is 0 Å². The van der Waals surface area contributed by atoms with Crippen molar-refractivity contribution in [2.45, 2.75) is 45.8 Å². The fourth-order valence-electron chi connectivity index (χ4n) is 3.27. The summed E-state index contributed by atoms with van der Waals surface area (Å²) in [6.07, 6.45) is 0.510. The SMILES string of the molecule is Cc1cc2n(c1C(=O)c1ccccc1Cl)CCC2C(=O)OC(C)C. The molecule has 0 aliphatic carbocycles. The van der Waals surface area contributed by atoms with E-state index in [1.165, 1.54) is 0 Å². The van der Waals surface area contributed by atoms with Gasteiger partial charge in [0.25, 0.3) is 0 Å². The van der Waals surface area contributed by atoms with Crippen LogP contribution < -0.4 is 0 Å². The lowest BCUT2D eigenvalue weighted by Crippen LogP contribution is -2.18. The third kappa shape index (κ3) is 2.86. The monoisotopic (exact) mass is 345 g/mol. The normalized spacial score (nSPS) is 16.3. The van der Waals surface area contributed by atoms with Crippen LogP contribution in [0.3, 0.4) is 0 Å². The van der Waals surface area contributed by atoms with E-state index in [0.717, 1.165) is 11.3 Å². The maximum absolute atomic E-state index is 12.9. The molecule has 2 heterocycles. The number of ether oxygens (including phenoxy) is 1. The Labute approximate surface area is 146 Å². The summed E-state index contributed by atoms with van der Waals surface area (Å²) in [4.78, 5) is 25.2. The molecule has 0 amide bonds. The molecule has 1 unspecified atom stereocenters. The largest absolute Gasteiger partial charge is 0.462 e. The summed E-state index contributed by atoms with van der Waals surface area (Å²) >= 11 is 6.17. The van der Waals surface area contributed by atoms with Crippen molar-refractivity contribution in [1.82, 2.24) is 4.57 Å². The maximum atomic E-state index is 12.9. The first-order chi connectivity index (χ1) is 11.4. The molecule has 2 aromatic rings. The minimum absolute atomic E-state index is 0.109. The minimum Gasteiger partial charge on any atom is -0.462 e. The van der Waals surface area contributed by atoms with Crippen LogP contribution in [0, 0.1) is 6.92 Å². The Morgan fingerprint density at radius 1 is 1.29 bits per heavy atom. The number of halogens is 1. The van der Waals surface area contributed by atoms with Gasteiger partial charge in [0.2, 0.25) is 5.78 Å². The van der Waals surface area contributed by atoms with Gasteiger partial charge in [-0.05, 0) is 51.0 Å². The van der Waals surface area contributed by atoms with Gasteiger partial charge in [-0.1, -0.05) is 23.7 Å². The molecule has 0 N–H and O–H groups in total. The third-order valence-electron chi connectivity index (χ3n) is 4.29.